The predicted molar refractivity (Wildman–Crippen MR) is 63.5 cm³/mol. The molecule has 1 aromatic rings. The zero-order valence-corrected chi connectivity index (χ0v) is 9.91. The molecular formula is C13H19FN2. The Balaban J connectivity index is 2.11. The third-order valence-electron chi connectivity index (χ3n) is 3.69. The van der Waals surface area contributed by atoms with Crippen LogP contribution in [0, 0.1) is 5.82 Å². The van der Waals surface area contributed by atoms with Crippen molar-refractivity contribution < 1.29 is 4.39 Å². The van der Waals surface area contributed by atoms with Crippen molar-refractivity contribution in [2.45, 2.75) is 38.4 Å². The quantitative estimate of drug-likeness (QED) is 0.830. The lowest BCUT2D eigenvalue weighted by atomic mass is 9.96. The molecule has 16 heavy (non-hydrogen) atoms. The Hall–Kier alpha value is -0.930. The number of nitrogens with zero attached hydrogens (tertiary/aromatic N) is 1. The number of benzene rings is 1. The summed E-state index contributed by atoms with van der Waals surface area (Å²) in [6, 6.07) is 7.00. The van der Waals surface area contributed by atoms with Gasteiger partial charge in [0.25, 0.3) is 0 Å². The van der Waals surface area contributed by atoms with Crippen molar-refractivity contribution in [3.05, 3.63) is 35.6 Å². The van der Waals surface area contributed by atoms with Crippen LogP contribution in [0.1, 0.15) is 25.8 Å². The highest BCUT2D eigenvalue weighted by atomic mass is 19.1. The van der Waals surface area contributed by atoms with Gasteiger partial charge < -0.3 is 5.73 Å². The Bertz CT molecular complexity index is 376. The van der Waals surface area contributed by atoms with Crippen LogP contribution in [0.2, 0.25) is 0 Å². The Kier molecular flexibility index (Phi) is 3.00. The van der Waals surface area contributed by atoms with Crippen LogP contribution in [0.5, 0.6) is 0 Å². The van der Waals surface area contributed by atoms with Gasteiger partial charge in [0.2, 0.25) is 0 Å². The maximum atomic E-state index is 13.1. The van der Waals surface area contributed by atoms with E-state index < -0.39 is 0 Å². The standard InChI is InChI=1S/C13H19FN2/c1-13(2)12(15)6-7-16(13)9-10-4-3-5-11(14)8-10/h3-5,8,12H,6-7,9,15H2,1-2H3. The molecule has 2 nitrogen and oxygen atoms in total. The van der Waals surface area contributed by atoms with Gasteiger partial charge in [0.05, 0.1) is 0 Å². The van der Waals surface area contributed by atoms with Crippen LogP contribution in [0.25, 0.3) is 0 Å². The van der Waals surface area contributed by atoms with E-state index in [1.807, 2.05) is 6.07 Å². The van der Waals surface area contributed by atoms with Gasteiger partial charge in [-0.05, 0) is 38.0 Å². The van der Waals surface area contributed by atoms with Gasteiger partial charge in [-0.25, -0.2) is 4.39 Å². The van der Waals surface area contributed by atoms with Crippen LogP contribution in [-0.4, -0.2) is 23.0 Å². The summed E-state index contributed by atoms with van der Waals surface area (Å²) in [6.07, 6.45) is 1.02. The number of rotatable bonds is 2. The molecule has 1 atom stereocenters. The molecule has 3 heteroatoms. The minimum atomic E-state index is -0.168. The van der Waals surface area contributed by atoms with Gasteiger partial charge in [-0.2, -0.15) is 0 Å². The summed E-state index contributed by atoms with van der Waals surface area (Å²) < 4.78 is 13.1. The van der Waals surface area contributed by atoms with Crippen LogP contribution >= 0.6 is 0 Å². The van der Waals surface area contributed by atoms with Gasteiger partial charge >= 0.3 is 0 Å². The molecular weight excluding hydrogens is 203 g/mol. The number of hydrogen-bond acceptors (Lipinski definition) is 2. The lowest BCUT2D eigenvalue weighted by Crippen LogP contribution is -2.48. The first kappa shape index (κ1) is 11.6. The minimum Gasteiger partial charge on any atom is -0.326 e. The van der Waals surface area contributed by atoms with Crippen molar-refractivity contribution in [3.8, 4) is 0 Å². The molecule has 1 unspecified atom stereocenters. The van der Waals surface area contributed by atoms with Gasteiger partial charge in [0.15, 0.2) is 0 Å². The molecule has 0 aromatic heterocycles. The molecule has 0 radical (unpaired) electrons. The van der Waals surface area contributed by atoms with Crippen molar-refractivity contribution >= 4 is 0 Å². The molecule has 1 saturated heterocycles. The Morgan fingerprint density at radius 1 is 1.50 bits per heavy atom. The molecule has 1 aliphatic heterocycles. The van der Waals surface area contributed by atoms with E-state index in [1.54, 1.807) is 12.1 Å². The number of likely N-dealkylation sites (tertiary alicyclic amines) is 1. The lowest BCUT2D eigenvalue weighted by Gasteiger charge is -2.34. The summed E-state index contributed by atoms with van der Waals surface area (Å²) in [5.41, 5.74) is 7.09. The molecule has 0 spiro atoms. The molecule has 0 bridgehead atoms. The van der Waals surface area contributed by atoms with E-state index in [2.05, 4.69) is 18.7 Å². The van der Waals surface area contributed by atoms with E-state index in [1.165, 1.54) is 6.07 Å². The van der Waals surface area contributed by atoms with Crippen LogP contribution < -0.4 is 5.73 Å². The molecule has 0 aliphatic carbocycles. The van der Waals surface area contributed by atoms with Crippen molar-refractivity contribution in [1.29, 1.82) is 0 Å². The van der Waals surface area contributed by atoms with Gasteiger partial charge in [0.1, 0.15) is 5.82 Å². The van der Waals surface area contributed by atoms with Gasteiger partial charge in [-0.15, -0.1) is 0 Å². The molecule has 88 valence electrons. The van der Waals surface area contributed by atoms with E-state index in [0.717, 1.165) is 25.1 Å². The van der Waals surface area contributed by atoms with Crippen LogP contribution in [0.15, 0.2) is 24.3 Å². The smallest absolute Gasteiger partial charge is 0.123 e. The maximum absolute atomic E-state index is 13.1. The number of hydrogen-bond donors (Lipinski definition) is 1. The molecule has 1 heterocycles. The Labute approximate surface area is 96.2 Å². The lowest BCUT2D eigenvalue weighted by molar-refractivity contribution is 0.154. The number of halogens is 1. The summed E-state index contributed by atoms with van der Waals surface area (Å²) in [5, 5.41) is 0. The van der Waals surface area contributed by atoms with Crippen LogP contribution in [-0.2, 0) is 6.54 Å². The molecule has 1 aliphatic rings. The molecule has 0 saturated carbocycles. The largest absolute Gasteiger partial charge is 0.326 e. The maximum Gasteiger partial charge on any atom is 0.123 e. The summed E-state index contributed by atoms with van der Waals surface area (Å²) in [6.45, 7) is 6.08. The third-order valence-corrected chi connectivity index (χ3v) is 3.69. The zero-order chi connectivity index (χ0) is 11.8. The average Bonchev–Trinajstić information content (AvgIpc) is 2.45. The summed E-state index contributed by atoms with van der Waals surface area (Å²) in [4.78, 5) is 2.33. The second-order valence-electron chi connectivity index (χ2n) is 5.10. The topological polar surface area (TPSA) is 29.3 Å². The van der Waals surface area contributed by atoms with Gasteiger partial charge in [-0.3, -0.25) is 4.90 Å². The van der Waals surface area contributed by atoms with Crippen LogP contribution in [0.3, 0.4) is 0 Å². The number of nitrogens with two attached hydrogens (primary N) is 1. The fraction of sp³-hybridized carbons (Fsp3) is 0.538. The van der Waals surface area contributed by atoms with E-state index in [4.69, 9.17) is 5.73 Å². The highest BCUT2D eigenvalue weighted by Gasteiger charge is 2.38. The SMILES string of the molecule is CC1(C)C(N)CCN1Cc1cccc(F)c1. The summed E-state index contributed by atoms with van der Waals surface area (Å²) >= 11 is 0. The van der Waals surface area contributed by atoms with Gasteiger partial charge in [-0.1, -0.05) is 12.1 Å². The molecule has 2 N–H and O–H groups in total. The van der Waals surface area contributed by atoms with E-state index in [-0.39, 0.29) is 17.4 Å². The monoisotopic (exact) mass is 222 g/mol. The van der Waals surface area contributed by atoms with E-state index >= 15 is 0 Å². The molecule has 1 aromatic carbocycles. The Morgan fingerprint density at radius 3 is 2.81 bits per heavy atom. The fourth-order valence-corrected chi connectivity index (χ4v) is 2.31. The van der Waals surface area contributed by atoms with Crippen molar-refractivity contribution in [2.75, 3.05) is 6.54 Å². The first-order chi connectivity index (χ1) is 7.50. The average molecular weight is 222 g/mol. The first-order valence-electron chi connectivity index (χ1n) is 5.75. The second kappa shape index (κ2) is 4.15. The zero-order valence-electron chi connectivity index (χ0n) is 9.91. The predicted octanol–water partition coefficient (Wildman–Crippen LogP) is 2.14. The van der Waals surface area contributed by atoms with Crippen molar-refractivity contribution in [3.63, 3.8) is 0 Å². The first-order valence-corrected chi connectivity index (χ1v) is 5.75. The van der Waals surface area contributed by atoms with Gasteiger partial charge in [0, 0.05) is 24.7 Å². The van der Waals surface area contributed by atoms with Crippen molar-refractivity contribution in [2.24, 2.45) is 5.73 Å². The Morgan fingerprint density at radius 2 is 2.25 bits per heavy atom. The summed E-state index contributed by atoms with van der Waals surface area (Å²) in [5.74, 6) is -0.168. The highest BCUT2D eigenvalue weighted by Crippen LogP contribution is 2.29. The van der Waals surface area contributed by atoms with E-state index in [0.29, 0.717) is 0 Å². The molecule has 1 fully saturated rings. The van der Waals surface area contributed by atoms with Crippen LogP contribution in [0.4, 0.5) is 4.39 Å². The third kappa shape index (κ3) is 2.11. The normalized spacial score (nSPS) is 24.9. The molecule has 2 rings (SSSR count). The minimum absolute atomic E-state index is 0.00627. The summed E-state index contributed by atoms with van der Waals surface area (Å²) in [7, 11) is 0. The highest BCUT2D eigenvalue weighted by molar-refractivity contribution is 5.17. The second-order valence-corrected chi connectivity index (χ2v) is 5.10. The van der Waals surface area contributed by atoms with Crippen molar-refractivity contribution in [1.82, 2.24) is 4.90 Å². The fourth-order valence-electron chi connectivity index (χ4n) is 2.31. The molecule has 0 amide bonds. The van der Waals surface area contributed by atoms with E-state index in [9.17, 15) is 4.39 Å².